The van der Waals surface area contributed by atoms with Gasteiger partial charge in [0, 0.05) is 25.5 Å². The molecule has 28 heavy (non-hydrogen) atoms. The highest BCUT2D eigenvalue weighted by atomic mass is 19.4. The number of aryl methyl sites for hydroxylation is 1. The van der Waals surface area contributed by atoms with Crippen LogP contribution in [0.25, 0.3) is 0 Å². The zero-order valence-electron chi connectivity index (χ0n) is 15.8. The molecular formula is C17H24F3N7O. The molecule has 4 heterocycles. The smallest absolute Gasteiger partial charge is 0.378 e. The van der Waals surface area contributed by atoms with Crippen molar-refractivity contribution < 1.29 is 17.9 Å². The number of nitrogens with one attached hydrogen (secondary N) is 2. The van der Waals surface area contributed by atoms with Crippen LogP contribution in [-0.2, 0) is 4.74 Å². The van der Waals surface area contributed by atoms with Gasteiger partial charge >= 0.3 is 6.18 Å². The van der Waals surface area contributed by atoms with E-state index < -0.39 is 17.4 Å². The van der Waals surface area contributed by atoms with Crippen molar-refractivity contribution >= 4 is 11.6 Å². The molecule has 4 rings (SSSR count). The highest BCUT2D eigenvalue weighted by molar-refractivity contribution is 5.95. The number of aliphatic imine (C=N–C) groups is 1. The number of aromatic nitrogens is 2. The highest BCUT2D eigenvalue weighted by Gasteiger charge is 2.47. The Kier molecular flexibility index (Phi) is 4.63. The lowest BCUT2D eigenvalue weighted by molar-refractivity contribution is -0.101. The summed E-state index contributed by atoms with van der Waals surface area (Å²) in [5, 5.41) is 10.1. The SMILES string of the molecule is CCC1(N)N=C(Nc2cn(C3CN(C4COC4)C3)nc2C)NC=C1C(F)(F)F. The average Bonchev–Trinajstić information content (AvgIpc) is 2.87. The molecule has 0 bridgehead atoms. The van der Waals surface area contributed by atoms with Crippen molar-refractivity contribution in [3.8, 4) is 0 Å². The second kappa shape index (κ2) is 6.75. The fourth-order valence-corrected chi connectivity index (χ4v) is 3.52. The molecule has 2 saturated heterocycles. The number of halogens is 3. The molecule has 3 aliphatic heterocycles. The molecule has 0 aliphatic carbocycles. The summed E-state index contributed by atoms with van der Waals surface area (Å²) in [5.74, 6) is 0.168. The van der Waals surface area contributed by atoms with Gasteiger partial charge in [-0.3, -0.25) is 9.58 Å². The van der Waals surface area contributed by atoms with Gasteiger partial charge in [-0.15, -0.1) is 0 Å². The van der Waals surface area contributed by atoms with E-state index in [0.717, 1.165) is 38.2 Å². The predicted molar refractivity (Wildman–Crippen MR) is 97.7 cm³/mol. The Labute approximate surface area is 160 Å². The number of ether oxygens (including phenoxy) is 1. The fourth-order valence-electron chi connectivity index (χ4n) is 3.52. The fraction of sp³-hybridized carbons (Fsp3) is 0.647. The number of alkyl halides is 3. The van der Waals surface area contributed by atoms with Gasteiger partial charge < -0.3 is 21.1 Å². The van der Waals surface area contributed by atoms with Crippen molar-refractivity contribution in [1.82, 2.24) is 20.0 Å². The van der Waals surface area contributed by atoms with E-state index in [1.807, 2.05) is 17.8 Å². The maximum atomic E-state index is 13.2. The Balaban J connectivity index is 1.44. The third kappa shape index (κ3) is 3.38. The summed E-state index contributed by atoms with van der Waals surface area (Å²) in [4.78, 5) is 6.44. The van der Waals surface area contributed by atoms with Gasteiger partial charge in [-0.25, -0.2) is 4.99 Å². The molecule has 1 unspecified atom stereocenters. The first-order valence-electron chi connectivity index (χ1n) is 9.27. The van der Waals surface area contributed by atoms with Gasteiger partial charge in [-0.2, -0.15) is 18.3 Å². The third-order valence-corrected chi connectivity index (χ3v) is 5.55. The molecule has 0 amide bonds. The van der Waals surface area contributed by atoms with Crippen molar-refractivity contribution in [1.29, 1.82) is 0 Å². The van der Waals surface area contributed by atoms with E-state index in [0.29, 0.717) is 11.7 Å². The number of nitrogens with two attached hydrogens (primary N) is 1. The minimum atomic E-state index is -4.55. The van der Waals surface area contributed by atoms with Gasteiger partial charge in [-0.1, -0.05) is 6.92 Å². The van der Waals surface area contributed by atoms with Crippen LogP contribution in [0.4, 0.5) is 18.9 Å². The Morgan fingerprint density at radius 1 is 1.36 bits per heavy atom. The molecule has 2 fully saturated rings. The Morgan fingerprint density at radius 3 is 2.64 bits per heavy atom. The summed E-state index contributed by atoms with van der Waals surface area (Å²) >= 11 is 0. The van der Waals surface area contributed by atoms with Crippen LogP contribution in [0.15, 0.2) is 23.0 Å². The van der Waals surface area contributed by atoms with Crippen LogP contribution < -0.4 is 16.4 Å². The summed E-state index contributed by atoms with van der Waals surface area (Å²) < 4.78 is 46.7. The molecular weight excluding hydrogens is 375 g/mol. The first-order valence-corrected chi connectivity index (χ1v) is 9.27. The summed E-state index contributed by atoms with van der Waals surface area (Å²) in [6.07, 6.45) is -1.80. The summed E-state index contributed by atoms with van der Waals surface area (Å²) in [7, 11) is 0. The number of hydrogen-bond acceptors (Lipinski definition) is 7. The topological polar surface area (TPSA) is 92.7 Å². The van der Waals surface area contributed by atoms with Crippen LogP contribution in [0.1, 0.15) is 25.1 Å². The van der Waals surface area contributed by atoms with Crippen LogP contribution in [0, 0.1) is 6.92 Å². The molecule has 0 radical (unpaired) electrons. The summed E-state index contributed by atoms with van der Waals surface area (Å²) in [6.45, 7) is 6.81. The summed E-state index contributed by atoms with van der Waals surface area (Å²) in [5.41, 5.74) is 4.62. The Morgan fingerprint density at radius 2 is 2.07 bits per heavy atom. The van der Waals surface area contributed by atoms with E-state index in [4.69, 9.17) is 10.5 Å². The number of anilines is 1. The van der Waals surface area contributed by atoms with E-state index in [2.05, 4.69) is 25.6 Å². The van der Waals surface area contributed by atoms with Gasteiger partial charge in [0.15, 0.2) is 0 Å². The Hall–Kier alpha value is -2.11. The quantitative estimate of drug-likeness (QED) is 0.708. The molecule has 1 aromatic rings. The lowest BCUT2D eigenvalue weighted by Crippen LogP contribution is -2.59. The highest BCUT2D eigenvalue weighted by Crippen LogP contribution is 2.36. The van der Waals surface area contributed by atoms with Gasteiger partial charge in [0.1, 0.15) is 5.66 Å². The number of likely N-dealkylation sites (tertiary alicyclic amines) is 1. The predicted octanol–water partition coefficient (Wildman–Crippen LogP) is 1.33. The van der Waals surface area contributed by atoms with E-state index in [1.54, 1.807) is 6.92 Å². The minimum Gasteiger partial charge on any atom is -0.378 e. The van der Waals surface area contributed by atoms with Crippen molar-refractivity contribution in [3.05, 3.63) is 23.7 Å². The number of nitrogens with zero attached hydrogens (tertiary/aromatic N) is 4. The zero-order valence-corrected chi connectivity index (χ0v) is 15.8. The molecule has 1 atom stereocenters. The van der Waals surface area contributed by atoms with Crippen LogP contribution in [-0.4, -0.2) is 64.8 Å². The zero-order chi connectivity index (χ0) is 20.1. The van der Waals surface area contributed by atoms with Gasteiger partial charge in [-0.05, 0) is 13.3 Å². The Bertz CT molecular complexity index is 808. The number of guanidine groups is 1. The molecule has 0 spiro atoms. The standard InChI is InChI=1S/C17H24F3N7O/c1-3-16(21)14(17(18,19)20)4-22-15(24-16)23-13-7-27(25-10(13)2)11-5-26(6-11)12-8-28-9-12/h4,7,11-12H,3,5-6,8-9,21H2,1-2H3,(H2,22,23,24). The van der Waals surface area contributed by atoms with E-state index in [9.17, 15) is 13.2 Å². The molecule has 0 aromatic carbocycles. The molecule has 154 valence electrons. The lowest BCUT2D eigenvalue weighted by atomic mass is 9.97. The second-order valence-corrected chi connectivity index (χ2v) is 7.47. The van der Waals surface area contributed by atoms with Gasteiger partial charge in [0.25, 0.3) is 0 Å². The van der Waals surface area contributed by atoms with Crippen LogP contribution in [0.5, 0.6) is 0 Å². The van der Waals surface area contributed by atoms with Crippen LogP contribution in [0.3, 0.4) is 0 Å². The average molecular weight is 399 g/mol. The monoisotopic (exact) mass is 399 g/mol. The van der Waals surface area contributed by atoms with Crippen molar-refractivity contribution in [2.24, 2.45) is 10.7 Å². The van der Waals surface area contributed by atoms with Crippen LogP contribution in [0.2, 0.25) is 0 Å². The van der Waals surface area contributed by atoms with Gasteiger partial charge in [0.05, 0.1) is 42.3 Å². The minimum absolute atomic E-state index is 0.0201. The normalized spacial score (nSPS) is 26.8. The largest absolute Gasteiger partial charge is 0.417 e. The summed E-state index contributed by atoms with van der Waals surface area (Å²) in [6, 6.07) is 0.782. The van der Waals surface area contributed by atoms with Crippen molar-refractivity contribution in [2.75, 3.05) is 31.6 Å². The molecule has 1 aromatic heterocycles. The number of hydrogen-bond donors (Lipinski definition) is 3. The molecule has 8 nitrogen and oxygen atoms in total. The van der Waals surface area contributed by atoms with E-state index in [1.165, 1.54) is 0 Å². The maximum absolute atomic E-state index is 13.2. The first-order chi connectivity index (χ1) is 13.2. The molecule has 3 aliphatic rings. The first kappa shape index (κ1) is 19.2. The molecule has 4 N–H and O–H groups in total. The van der Waals surface area contributed by atoms with Crippen LogP contribution >= 0.6 is 0 Å². The maximum Gasteiger partial charge on any atom is 0.417 e. The van der Waals surface area contributed by atoms with E-state index >= 15 is 0 Å². The second-order valence-electron chi connectivity index (χ2n) is 7.47. The van der Waals surface area contributed by atoms with E-state index in [-0.39, 0.29) is 18.4 Å². The van der Waals surface area contributed by atoms with Gasteiger partial charge in [0.2, 0.25) is 5.96 Å². The third-order valence-electron chi connectivity index (χ3n) is 5.55. The molecule has 11 heteroatoms. The van der Waals surface area contributed by atoms with Crippen molar-refractivity contribution in [3.63, 3.8) is 0 Å². The van der Waals surface area contributed by atoms with Crippen molar-refractivity contribution in [2.45, 2.75) is 44.2 Å². The molecule has 0 saturated carbocycles. The lowest BCUT2D eigenvalue weighted by Gasteiger charge is -2.47. The number of rotatable bonds is 4.